The third-order valence-corrected chi connectivity index (χ3v) is 15.9. The molecule has 0 amide bonds. The molecule has 1 atom stereocenters. The topological polar surface area (TPSA) is 54.4 Å². The van der Waals surface area contributed by atoms with Gasteiger partial charge in [-0.1, -0.05) is 18.7 Å². The summed E-state index contributed by atoms with van der Waals surface area (Å²) in [7, 11) is -0.722. The second-order valence-corrected chi connectivity index (χ2v) is 19.2. The minimum atomic E-state index is -0.722. The maximum Gasteiger partial charge on any atom is 0.189 e. The van der Waals surface area contributed by atoms with Crippen LogP contribution in [-0.4, -0.2) is 91.8 Å². The van der Waals surface area contributed by atoms with Crippen molar-refractivity contribution in [3.63, 3.8) is 0 Å². The highest BCUT2D eigenvalue weighted by molar-refractivity contribution is 8.23. The summed E-state index contributed by atoms with van der Waals surface area (Å²) in [5.41, 5.74) is 0. The zero-order chi connectivity index (χ0) is 22.8. The molecule has 3 nitrogen and oxygen atoms in total. The smallest absolute Gasteiger partial charge is 0.189 e. The first-order chi connectivity index (χ1) is 15.2. The highest BCUT2D eigenvalue weighted by Crippen LogP contribution is 2.21. The average Bonchev–Trinajstić information content (AvgIpc) is 2.76. The van der Waals surface area contributed by atoms with E-state index in [0.717, 1.165) is 61.3 Å². The molecule has 0 spiro atoms. The second kappa shape index (κ2) is 29.2. The molecule has 186 valence electrons. The van der Waals surface area contributed by atoms with Crippen molar-refractivity contribution in [2.45, 2.75) is 19.8 Å². The Labute approximate surface area is 230 Å². The van der Waals surface area contributed by atoms with Gasteiger partial charge in [0, 0.05) is 71.4 Å². The van der Waals surface area contributed by atoms with E-state index in [2.05, 4.69) is 6.92 Å². The molecule has 0 rings (SSSR count). The van der Waals surface area contributed by atoms with Crippen LogP contribution >= 0.6 is 106 Å². The Morgan fingerprint density at radius 2 is 1.35 bits per heavy atom. The second-order valence-electron chi connectivity index (χ2n) is 5.64. The van der Waals surface area contributed by atoms with E-state index in [4.69, 9.17) is 5.11 Å². The molecule has 0 bridgehead atoms. The van der Waals surface area contributed by atoms with Crippen molar-refractivity contribution in [2.75, 3.05) is 77.4 Å². The average molecular weight is 621 g/mol. The van der Waals surface area contributed by atoms with Gasteiger partial charge in [-0.3, -0.25) is 9.00 Å². The summed E-state index contributed by atoms with van der Waals surface area (Å²) in [6, 6.07) is 0. The summed E-state index contributed by atoms with van der Waals surface area (Å²) in [5, 5.41) is 15.1. The van der Waals surface area contributed by atoms with Crippen molar-refractivity contribution in [1.29, 1.82) is 0 Å². The van der Waals surface area contributed by atoms with Crippen molar-refractivity contribution in [3.05, 3.63) is 0 Å². The minimum absolute atomic E-state index is 0.219. The van der Waals surface area contributed by atoms with Crippen LogP contribution in [0.15, 0.2) is 0 Å². The Kier molecular flexibility index (Phi) is 31.9. The Morgan fingerprint density at radius 3 is 2.06 bits per heavy atom. The maximum atomic E-state index is 11.9. The third kappa shape index (κ3) is 29.1. The Hall–Kier alpha value is 2.93. The van der Waals surface area contributed by atoms with Crippen molar-refractivity contribution < 1.29 is 14.1 Å². The number of aliphatic hydroxyl groups excluding tert-OH is 1. The van der Waals surface area contributed by atoms with E-state index in [0.29, 0.717) is 16.6 Å². The first kappa shape index (κ1) is 33.9. The summed E-state index contributed by atoms with van der Waals surface area (Å²) in [6.45, 7) is 2.41. The van der Waals surface area contributed by atoms with Crippen LogP contribution < -0.4 is 0 Å². The predicted molar refractivity (Wildman–Crippen MR) is 167 cm³/mol. The monoisotopic (exact) mass is 620 g/mol. The van der Waals surface area contributed by atoms with E-state index in [9.17, 15) is 9.00 Å². The number of carbonyl (C=O) groups is 1. The van der Waals surface area contributed by atoms with Crippen molar-refractivity contribution in [2.24, 2.45) is 0 Å². The molecule has 0 saturated carbocycles. The summed E-state index contributed by atoms with van der Waals surface area (Å²) in [5.74, 6) is 6.74. The van der Waals surface area contributed by atoms with Crippen LogP contribution in [0.5, 0.6) is 0 Å². The quantitative estimate of drug-likeness (QED) is 0.0908. The normalized spacial score (nSPS) is 12.3. The van der Waals surface area contributed by atoms with Gasteiger partial charge in [-0.15, -0.1) is 47.0 Å². The van der Waals surface area contributed by atoms with E-state index in [1.165, 1.54) is 22.6 Å². The van der Waals surface area contributed by atoms with Crippen LogP contribution in [0.3, 0.4) is 0 Å². The van der Waals surface area contributed by atoms with Gasteiger partial charge in [-0.05, 0) is 17.9 Å². The highest BCUT2D eigenvalue weighted by atomic mass is 32.3. The van der Waals surface area contributed by atoms with Gasteiger partial charge in [0.1, 0.15) is 0 Å². The predicted octanol–water partition coefficient (Wildman–Crippen LogP) is 6.40. The molecule has 0 saturated heterocycles. The van der Waals surface area contributed by atoms with Crippen LogP contribution in [0.2, 0.25) is 0 Å². The first-order valence-electron chi connectivity index (χ1n) is 9.94. The molecule has 31 heavy (non-hydrogen) atoms. The zero-order valence-corrected chi connectivity index (χ0v) is 26.3. The van der Waals surface area contributed by atoms with Crippen molar-refractivity contribution in [3.8, 4) is 0 Å². The van der Waals surface area contributed by atoms with Crippen molar-refractivity contribution in [1.82, 2.24) is 0 Å². The van der Waals surface area contributed by atoms with Crippen LogP contribution in [0.25, 0.3) is 0 Å². The number of hydrogen-bond acceptors (Lipinski definition) is 12. The van der Waals surface area contributed by atoms with Gasteiger partial charge in [-0.2, -0.15) is 47.0 Å². The molecule has 0 heterocycles. The molecule has 13 heteroatoms. The summed E-state index contributed by atoms with van der Waals surface area (Å²) >= 11 is 16.5. The molecule has 0 aliphatic heterocycles. The van der Waals surface area contributed by atoms with Crippen LogP contribution in [0, 0.1) is 0 Å². The summed E-state index contributed by atoms with van der Waals surface area (Å²) in [4.78, 5) is 11.9. The minimum Gasteiger partial charge on any atom is -0.396 e. The number of aliphatic hydroxyl groups is 1. The van der Waals surface area contributed by atoms with Gasteiger partial charge >= 0.3 is 0 Å². The molecule has 0 aromatic rings. The summed E-state index contributed by atoms with van der Waals surface area (Å²) < 4.78 is 11.9. The van der Waals surface area contributed by atoms with E-state index >= 15 is 0 Å². The lowest BCUT2D eigenvalue weighted by Gasteiger charge is -2.04. The van der Waals surface area contributed by atoms with Crippen LogP contribution in [0.4, 0.5) is 0 Å². The van der Waals surface area contributed by atoms with E-state index in [1.54, 1.807) is 23.5 Å². The van der Waals surface area contributed by atoms with E-state index < -0.39 is 10.8 Å². The van der Waals surface area contributed by atoms with Gasteiger partial charge in [0.2, 0.25) is 0 Å². The number of thioether (sulfide) groups is 9. The molecule has 1 N–H and O–H groups in total. The molecule has 0 aromatic heterocycles. The fourth-order valence-corrected chi connectivity index (χ4v) is 13.3. The Morgan fingerprint density at radius 1 is 0.742 bits per heavy atom. The van der Waals surface area contributed by atoms with Gasteiger partial charge in [0.05, 0.1) is 11.7 Å². The molecular formula is C18H36O3S10. The lowest BCUT2D eigenvalue weighted by molar-refractivity contribution is -0.110. The van der Waals surface area contributed by atoms with E-state index in [-0.39, 0.29) is 6.61 Å². The lowest BCUT2D eigenvalue weighted by atomic mass is 10.5. The van der Waals surface area contributed by atoms with Crippen LogP contribution in [-0.2, 0) is 15.6 Å². The number of carbonyl (C=O) groups excluding carboxylic acids is 1. The Balaban J connectivity index is 3.23. The molecule has 0 aliphatic rings. The van der Waals surface area contributed by atoms with Gasteiger partial charge in [0.15, 0.2) is 5.12 Å². The van der Waals surface area contributed by atoms with Gasteiger partial charge in [-0.25, -0.2) is 0 Å². The van der Waals surface area contributed by atoms with Gasteiger partial charge in [0.25, 0.3) is 0 Å². The first-order valence-corrected chi connectivity index (χ1v) is 21.6. The zero-order valence-electron chi connectivity index (χ0n) is 18.2. The largest absolute Gasteiger partial charge is 0.396 e. The van der Waals surface area contributed by atoms with E-state index in [1.807, 2.05) is 70.6 Å². The van der Waals surface area contributed by atoms with Crippen LogP contribution in [0.1, 0.15) is 19.8 Å². The fourth-order valence-electron chi connectivity index (χ4n) is 1.70. The molecule has 0 fully saturated rings. The fraction of sp³-hybridized carbons (Fsp3) is 0.944. The maximum absolute atomic E-state index is 11.9. The number of hydrogen-bond donors (Lipinski definition) is 1. The summed E-state index contributed by atoms with van der Waals surface area (Å²) in [6.07, 6.45) is 1.69. The molecule has 0 aliphatic carbocycles. The molecule has 0 aromatic carbocycles. The van der Waals surface area contributed by atoms with Gasteiger partial charge < -0.3 is 5.11 Å². The highest BCUT2D eigenvalue weighted by Gasteiger charge is 2.04. The standard InChI is InChI=1S/C18H36O3S10/c1-2-22-12-27-15-26-9-10-30-18(20)4-7-24-14-28-13-23-6-3-11-31(21)17-29-16-25-8-5-19/h19H,2-17H2,1H3. The Bertz CT molecular complexity index is 418. The SMILES string of the molecule is CCSCSCSCCSC(=O)CCSCSCSCCCS(=O)CSCSCCO. The number of rotatable bonds is 25. The lowest BCUT2D eigenvalue weighted by Crippen LogP contribution is -2.01. The third-order valence-electron chi connectivity index (χ3n) is 3.09. The molecule has 0 radical (unpaired) electrons. The molecule has 1 unspecified atom stereocenters. The van der Waals surface area contributed by atoms with Crippen molar-refractivity contribution >= 4 is 122 Å². The molecular weight excluding hydrogens is 585 g/mol.